The maximum absolute atomic E-state index is 11.6. The fourth-order valence-corrected chi connectivity index (χ4v) is 3.01. The van der Waals surface area contributed by atoms with Crippen LogP contribution in [0.15, 0.2) is 23.1 Å². The fraction of sp³-hybridized carbons (Fsp3) is 0.222. The lowest BCUT2D eigenvalue weighted by atomic mass is 10.3. The third-order valence-electron chi connectivity index (χ3n) is 2.12. The van der Waals surface area contributed by atoms with Crippen LogP contribution in [0.3, 0.4) is 0 Å². The molecule has 1 aromatic carbocycles. The topological polar surface area (TPSA) is 144 Å². The molecule has 0 radical (unpaired) electrons. The van der Waals surface area contributed by atoms with Gasteiger partial charge in [-0.15, -0.1) is 0 Å². The minimum absolute atomic E-state index is 0.0451. The van der Waals surface area contributed by atoms with Gasteiger partial charge in [-0.25, -0.2) is 22.0 Å². The number of carboxylic acid groups (broad SMARTS) is 1. The maximum atomic E-state index is 11.6. The second-order valence-corrected chi connectivity index (χ2v) is 7.56. The summed E-state index contributed by atoms with van der Waals surface area (Å²) in [4.78, 5) is 10.0. The van der Waals surface area contributed by atoms with Crippen molar-refractivity contribution in [2.75, 3.05) is 10.5 Å². The van der Waals surface area contributed by atoms with Gasteiger partial charge in [-0.1, -0.05) is 11.6 Å². The van der Waals surface area contributed by atoms with Crippen molar-refractivity contribution in [3.63, 3.8) is 0 Å². The van der Waals surface area contributed by atoms with Crippen LogP contribution in [0.1, 0.15) is 6.42 Å². The Morgan fingerprint density at radius 1 is 1.30 bits per heavy atom. The van der Waals surface area contributed by atoms with Gasteiger partial charge >= 0.3 is 5.97 Å². The number of primary sulfonamides is 1. The first-order valence-electron chi connectivity index (χ1n) is 5.06. The summed E-state index contributed by atoms with van der Waals surface area (Å²) in [6.07, 6.45) is -0.595. The highest BCUT2D eigenvalue weighted by molar-refractivity contribution is 7.92. The predicted molar refractivity (Wildman–Crippen MR) is 72.5 cm³/mol. The van der Waals surface area contributed by atoms with Gasteiger partial charge in [0.2, 0.25) is 20.0 Å². The summed E-state index contributed by atoms with van der Waals surface area (Å²) in [6, 6.07) is 3.24. The molecule has 4 N–H and O–H groups in total. The molecule has 0 aliphatic carbocycles. The monoisotopic (exact) mass is 342 g/mol. The van der Waals surface area contributed by atoms with Crippen molar-refractivity contribution in [1.29, 1.82) is 0 Å². The lowest BCUT2D eigenvalue weighted by Crippen LogP contribution is -2.19. The van der Waals surface area contributed by atoms with E-state index in [2.05, 4.69) is 0 Å². The van der Waals surface area contributed by atoms with Crippen molar-refractivity contribution < 1.29 is 26.7 Å². The highest BCUT2D eigenvalue weighted by atomic mass is 35.5. The number of anilines is 1. The van der Waals surface area contributed by atoms with Crippen LogP contribution in [0.5, 0.6) is 0 Å². The fourth-order valence-electron chi connectivity index (χ4n) is 1.20. The molecule has 1 rings (SSSR count). The normalized spacial score (nSPS) is 12.1. The minimum Gasteiger partial charge on any atom is -0.481 e. The first kappa shape index (κ1) is 16.7. The van der Waals surface area contributed by atoms with Crippen LogP contribution >= 0.6 is 11.6 Å². The Bertz CT molecular complexity index is 729. The molecule has 0 saturated heterocycles. The molecule has 1 aromatic rings. The van der Waals surface area contributed by atoms with E-state index in [1.54, 1.807) is 0 Å². The molecule has 0 fully saturated rings. The molecule has 20 heavy (non-hydrogen) atoms. The van der Waals surface area contributed by atoms with E-state index in [9.17, 15) is 21.6 Å². The molecular weight excluding hydrogens is 332 g/mol. The minimum atomic E-state index is -4.01. The Labute approximate surface area is 120 Å². The van der Waals surface area contributed by atoms with Crippen molar-refractivity contribution in [3.05, 3.63) is 23.2 Å². The second-order valence-electron chi connectivity index (χ2n) is 3.75. The molecule has 112 valence electrons. The first-order valence-corrected chi connectivity index (χ1v) is 8.63. The van der Waals surface area contributed by atoms with Crippen molar-refractivity contribution in [2.24, 2.45) is 5.14 Å². The molecule has 0 bridgehead atoms. The van der Waals surface area contributed by atoms with E-state index < -0.39 is 38.2 Å². The zero-order valence-corrected chi connectivity index (χ0v) is 12.3. The van der Waals surface area contributed by atoms with E-state index >= 15 is 0 Å². The molecule has 0 amide bonds. The number of benzene rings is 1. The molecule has 0 spiro atoms. The Morgan fingerprint density at radius 2 is 1.90 bits per heavy atom. The van der Waals surface area contributed by atoms with Gasteiger partial charge in [0.05, 0.1) is 27.8 Å². The SMILES string of the molecule is NS(=O)(=O)c1ccc(Cl)c(NS(=O)(=O)CCC(=O)O)c1. The van der Waals surface area contributed by atoms with Crippen LogP contribution in [0.4, 0.5) is 5.69 Å². The third kappa shape index (κ3) is 4.96. The van der Waals surface area contributed by atoms with Crippen LogP contribution in [0, 0.1) is 0 Å². The second kappa shape index (κ2) is 5.95. The molecule has 0 aliphatic heterocycles. The Hall–Kier alpha value is -1.36. The number of rotatable bonds is 6. The molecule has 0 saturated carbocycles. The van der Waals surface area contributed by atoms with Gasteiger partial charge in [-0.2, -0.15) is 0 Å². The van der Waals surface area contributed by atoms with Crippen LogP contribution in [-0.2, 0) is 24.8 Å². The number of sulfonamides is 2. The van der Waals surface area contributed by atoms with Crippen molar-refractivity contribution in [2.45, 2.75) is 11.3 Å². The summed E-state index contributed by atoms with van der Waals surface area (Å²) in [6.45, 7) is 0. The van der Waals surface area contributed by atoms with Crippen LogP contribution in [0.2, 0.25) is 5.02 Å². The molecule has 0 unspecified atom stereocenters. The Morgan fingerprint density at radius 3 is 2.40 bits per heavy atom. The number of aliphatic carboxylic acids is 1. The standard InChI is InChI=1S/C9H11ClN2O6S2/c10-7-2-1-6(20(11,17)18)5-8(7)12-19(15,16)4-3-9(13)14/h1-2,5,12H,3-4H2,(H,13,14)(H2,11,17,18). The molecule has 0 aromatic heterocycles. The van der Waals surface area contributed by atoms with Gasteiger partial charge in [-0.3, -0.25) is 9.52 Å². The summed E-state index contributed by atoms with van der Waals surface area (Å²) in [5.74, 6) is -1.95. The Kier molecular flexibility index (Phi) is 4.97. The third-order valence-corrected chi connectivity index (χ3v) is 4.63. The molecule has 0 atom stereocenters. The van der Waals surface area contributed by atoms with Crippen LogP contribution < -0.4 is 9.86 Å². The lowest BCUT2D eigenvalue weighted by molar-refractivity contribution is -0.136. The maximum Gasteiger partial charge on any atom is 0.304 e. The molecule has 0 aliphatic rings. The smallest absolute Gasteiger partial charge is 0.304 e. The van der Waals surface area contributed by atoms with Gasteiger partial charge in [0.1, 0.15) is 0 Å². The molecular formula is C9H11ClN2O6S2. The quantitative estimate of drug-likeness (QED) is 0.673. The van der Waals surface area contributed by atoms with Crippen LogP contribution in [0.25, 0.3) is 0 Å². The lowest BCUT2D eigenvalue weighted by Gasteiger charge is -2.10. The summed E-state index contributed by atoms with van der Waals surface area (Å²) in [7, 11) is -7.98. The predicted octanol–water partition coefficient (Wildman–Crippen LogP) is 0.204. The van der Waals surface area contributed by atoms with E-state index in [0.717, 1.165) is 18.2 Å². The van der Waals surface area contributed by atoms with Gasteiger partial charge in [-0.05, 0) is 18.2 Å². The van der Waals surface area contributed by atoms with Gasteiger partial charge in [0.15, 0.2) is 0 Å². The largest absolute Gasteiger partial charge is 0.481 e. The molecule has 0 heterocycles. The number of carboxylic acids is 1. The summed E-state index contributed by atoms with van der Waals surface area (Å²) >= 11 is 5.74. The number of hydrogen-bond acceptors (Lipinski definition) is 5. The Balaban J connectivity index is 3.06. The van der Waals surface area contributed by atoms with Crippen molar-refractivity contribution >= 4 is 43.3 Å². The summed E-state index contributed by atoms with van der Waals surface area (Å²) in [5, 5.41) is 13.3. The molecule has 11 heteroatoms. The van der Waals surface area contributed by atoms with E-state index in [0.29, 0.717) is 0 Å². The number of nitrogens with one attached hydrogen (secondary N) is 1. The number of halogens is 1. The van der Waals surface area contributed by atoms with Gasteiger partial charge < -0.3 is 5.11 Å². The van der Waals surface area contributed by atoms with E-state index in [1.807, 2.05) is 4.72 Å². The van der Waals surface area contributed by atoms with E-state index in [1.165, 1.54) is 0 Å². The molecule has 8 nitrogen and oxygen atoms in total. The highest BCUT2D eigenvalue weighted by Gasteiger charge is 2.17. The van der Waals surface area contributed by atoms with E-state index in [4.69, 9.17) is 21.8 Å². The number of carbonyl (C=O) groups is 1. The summed E-state index contributed by atoms with van der Waals surface area (Å²) < 4.78 is 47.5. The average molecular weight is 343 g/mol. The van der Waals surface area contributed by atoms with E-state index in [-0.39, 0.29) is 15.6 Å². The van der Waals surface area contributed by atoms with Crippen LogP contribution in [-0.4, -0.2) is 33.7 Å². The zero-order chi connectivity index (χ0) is 15.6. The van der Waals surface area contributed by atoms with Gasteiger partial charge in [0, 0.05) is 0 Å². The van der Waals surface area contributed by atoms with Crippen molar-refractivity contribution in [3.8, 4) is 0 Å². The summed E-state index contributed by atoms with van der Waals surface area (Å²) in [5.41, 5.74) is -0.191. The number of hydrogen-bond donors (Lipinski definition) is 3. The van der Waals surface area contributed by atoms with Crippen molar-refractivity contribution in [1.82, 2.24) is 0 Å². The highest BCUT2D eigenvalue weighted by Crippen LogP contribution is 2.25. The zero-order valence-electron chi connectivity index (χ0n) is 9.91. The number of nitrogens with two attached hydrogens (primary N) is 1. The first-order chi connectivity index (χ1) is 9.01. The average Bonchev–Trinajstić information content (AvgIpc) is 2.28. The van der Waals surface area contributed by atoms with Gasteiger partial charge in [0.25, 0.3) is 0 Å².